The number of carbonyl (C=O) groups is 1. The van der Waals surface area contributed by atoms with Gasteiger partial charge in [-0.1, -0.05) is 28.1 Å². The van der Waals surface area contributed by atoms with Crippen LogP contribution in [0.25, 0.3) is 10.9 Å². The van der Waals surface area contributed by atoms with Crippen molar-refractivity contribution in [1.82, 2.24) is 10.3 Å². The lowest BCUT2D eigenvalue weighted by Crippen LogP contribution is -2.19. The highest BCUT2D eigenvalue weighted by Gasteiger charge is 2.06. The summed E-state index contributed by atoms with van der Waals surface area (Å²) >= 11 is 5.12. The second kappa shape index (κ2) is 6.20. The molecule has 0 aliphatic heterocycles. The minimum Gasteiger partial charge on any atom is -0.358 e. The predicted molar refractivity (Wildman–Crippen MR) is 79.7 cm³/mol. The van der Waals surface area contributed by atoms with Gasteiger partial charge in [-0.3, -0.25) is 9.78 Å². The monoisotopic (exact) mass is 324 g/mol. The van der Waals surface area contributed by atoms with E-state index in [-0.39, 0.29) is 5.91 Å². The lowest BCUT2D eigenvalue weighted by Gasteiger charge is -2.06. The number of thioether (sulfide) groups is 1. The van der Waals surface area contributed by atoms with E-state index in [2.05, 4.69) is 32.3 Å². The molecule has 0 aliphatic rings. The first-order valence-electron chi connectivity index (χ1n) is 5.53. The molecule has 0 radical (unpaired) electrons. The van der Waals surface area contributed by atoms with Gasteiger partial charge >= 0.3 is 0 Å². The highest BCUT2D eigenvalue weighted by molar-refractivity contribution is 9.10. The Hall–Kier alpha value is -1.07. The van der Waals surface area contributed by atoms with Crippen LogP contribution in [-0.4, -0.2) is 23.7 Å². The van der Waals surface area contributed by atoms with Gasteiger partial charge in [0.25, 0.3) is 0 Å². The Balaban J connectivity index is 2.18. The standard InChI is InChI=1S/C13H13BrN2OS/c1-15-12(17)8-18-7-9-4-5-11(14)10-3-2-6-16-13(9)10/h2-6H,7-8H2,1H3,(H,15,17). The van der Waals surface area contributed by atoms with Gasteiger partial charge in [-0.15, -0.1) is 11.8 Å². The molecule has 0 saturated carbocycles. The van der Waals surface area contributed by atoms with E-state index in [0.717, 1.165) is 26.7 Å². The van der Waals surface area contributed by atoms with Crippen molar-refractivity contribution in [3.05, 3.63) is 40.5 Å². The zero-order valence-corrected chi connectivity index (χ0v) is 12.3. The first-order chi connectivity index (χ1) is 8.72. The third kappa shape index (κ3) is 3.03. The van der Waals surface area contributed by atoms with Gasteiger partial charge in [0.2, 0.25) is 5.91 Å². The van der Waals surface area contributed by atoms with Crippen LogP contribution in [-0.2, 0) is 10.5 Å². The number of hydrogen-bond donors (Lipinski definition) is 1. The molecule has 1 aromatic heterocycles. The van der Waals surface area contributed by atoms with Crippen LogP contribution < -0.4 is 5.32 Å². The number of nitrogens with one attached hydrogen (secondary N) is 1. The van der Waals surface area contributed by atoms with Gasteiger partial charge in [-0.2, -0.15) is 0 Å². The molecule has 94 valence electrons. The largest absolute Gasteiger partial charge is 0.358 e. The van der Waals surface area contributed by atoms with E-state index in [1.165, 1.54) is 0 Å². The predicted octanol–water partition coefficient (Wildman–Crippen LogP) is 2.98. The van der Waals surface area contributed by atoms with Crippen LogP contribution in [0.15, 0.2) is 34.9 Å². The summed E-state index contributed by atoms with van der Waals surface area (Å²) < 4.78 is 1.05. The van der Waals surface area contributed by atoms with E-state index in [4.69, 9.17) is 0 Å². The Kier molecular flexibility index (Phi) is 4.60. The minimum atomic E-state index is 0.0503. The Morgan fingerprint density at radius 1 is 1.44 bits per heavy atom. The van der Waals surface area contributed by atoms with Crippen molar-refractivity contribution in [2.75, 3.05) is 12.8 Å². The van der Waals surface area contributed by atoms with Crippen LogP contribution in [0.3, 0.4) is 0 Å². The molecule has 0 saturated heterocycles. The quantitative estimate of drug-likeness (QED) is 0.940. The minimum absolute atomic E-state index is 0.0503. The molecule has 3 nitrogen and oxygen atoms in total. The maximum absolute atomic E-state index is 11.2. The van der Waals surface area contributed by atoms with Crippen LogP contribution in [0.5, 0.6) is 0 Å². The molecule has 2 aromatic rings. The highest BCUT2D eigenvalue weighted by Crippen LogP contribution is 2.27. The number of pyridine rings is 1. The summed E-state index contributed by atoms with van der Waals surface area (Å²) in [6.45, 7) is 0. The maximum Gasteiger partial charge on any atom is 0.229 e. The second-order valence-electron chi connectivity index (χ2n) is 3.77. The van der Waals surface area contributed by atoms with E-state index in [9.17, 15) is 4.79 Å². The van der Waals surface area contributed by atoms with Crippen LogP contribution in [0, 0.1) is 0 Å². The van der Waals surface area contributed by atoms with Crippen LogP contribution in [0.1, 0.15) is 5.56 Å². The topological polar surface area (TPSA) is 42.0 Å². The Morgan fingerprint density at radius 3 is 3.06 bits per heavy atom. The first-order valence-corrected chi connectivity index (χ1v) is 7.47. The molecule has 0 unspecified atom stereocenters. The number of fused-ring (bicyclic) bond motifs is 1. The van der Waals surface area contributed by atoms with Gasteiger partial charge in [0.15, 0.2) is 0 Å². The molecule has 0 spiro atoms. The van der Waals surface area contributed by atoms with Gasteiger partial charge in [0.1, 0.15) is 0 Å². The number of aromatic nitrogens is 1. The molecule has 2 rings (SSSR count). The molecule has 5 heteroatoms. The number of hydrogen-bond acceptors (Lipinski definition) is 3. The summed E-state index contributed by atoms with van der Waals surface area (Å²) in [7, 11) is 1.65. The first kappa shape index (κ1) is 13.4. The average Bonchev–Trinajstić information content (AvgIpc) is 2.41. The smallest absolute Gasteiger partial charge is 0.229 e. The molecular weight excluding hydrogens is 312 g/mol. The normalized spacial score (nSPS) is 10.6. The summed E-state index contributed by atoms with van der Waals surface area (Å²) in [5, 5.41) is 3.72. The fourth-order valence-electron chi connectivity index (χ4n) is 1.64. The second-order valence-corrected chi connectivity index (χ2v) is 5.61. The number of benzene rings is 1. The number of rotatable bonds is 4. The van der Waals surface area contributed by atoms with Gasteiger partial charge in [0, 0.05) is 28.9 Å². The van der Waals surface area contributed by atoms with E-state index in [1.54, 1.807) is 25.0 Å². The molecule has 1 aromatic carbocycles. The van der Waals surface area contributed by atoms with Crippen molar-refractivity contribution in [2.24, 2.45) is 0 Å². The lowest BCUT2D eigenvalue weighted by atomic mass is 10.1. The number of nitrogens with zero attached hydrogens (tertiary/aromatic N) is 1. The average molecular weight is 325 g/mol. The van der Waals surface area contributed by atoms with Crippen molar-refractivity contribution in [2.45, 2.75) is 5.75 Å². The summed E-state index contributed by atoms with van der Waals surface area (Å²) in [6.07, 6.45) is 1.79. The molecule has 0 aliphatic carbocycles. The van der Waals surface area contributed by atoms with Gasteiger partial charge in [-0.25, -0.2) is 0 Å². The zero-order valence-electron chi connectivity index (χ0n) is 9.94. The van der Waals surface area contributed by atoms with Crippen molar-refractivity contribution >= 4 is 44.5 Å². The molecule has 1 N–H and O–H groups in total. The summed E-state index contributed by atoms with van der Waals surface area (Å²) in [4.78, 5) is 15.6. The Morgan fingerprint density at radius 2 is 2.28 bits per heavy atom. The summed E-state index contributed by atoms with van der Waals surface area (Å²) in [6, 6.07) is 8.05. The van der Waals surface area contributed by atoms with E-state index >= 15 is 0 Å². The fraction of sp³-hybridized carbons (Fsp3) is 0.231. The molecule has 0 bridgehead atoms. The lowest BCUT2D eigenvalue weighted by molar-refractivity contribution is -0.118. The Bertz CT molecular complexity index is 574. The maximum atomic E-state index is 11.2. The van der Waals surface area contributed by atoms with Crippen molar-refractivity contribution < 1.29 is 4.79 Å². The summed E-state index contributed by atoms with van der Waals surface area (Å²) in [5.74, 6) is 1.31. The number of halogens is 1. The van der Waals surface area contributed by atoms with E-state index in [1.807, 2.05) is 18.2 Å². The zero-order chi connectivity index (χ0) is 13.0. The molecule has 0 atom stereocenters. The molecule has 1 heterocycles. The third-order valence-electron chi connectivity index (χ3n) is 2.57. The van der Waals surface area contributed by atoms with Crippen LogP contribution in [0.2, 0.25) is 0 Å². The SMILES string of the molecule is CNC(=O)CSCc1ccc(Br)c2cccnc12. The van der Waals surface area contributed by atoms with Crippen molar-refractivity contribution in [3.8, 4) is 0 Å². The Labute approximate surface area is 118 Å². The number of amides is 1. The van der Waals surface area contributed by atoms with Gasteiger partial charge < -0.3 is 5.32 Å². The molecule has 18 heavy (non-hydrogen) atoms. The molecular formula is C13H13BrN2OS. The highest BCUT2D eigenvalue weighted by atomic mass is 79.9. The van der Waals surface area contributed by atoms with Crippen LogP contribution >= 0.6 is 27.7 Å². The molecule has 1 amide bonds. The van der Waals surface area contributed by atoms with Crippen molar-refractivity contribution in [3.63, 3.8) is 0 Å². The number of carbonyl (C=O) groups excluding carboxylic acids is 1. The van der Waals surface area contributed by atoms with E-state index in [0.29, 0.717) is 5.75 Å². The molecule has 0 fully saturated rings. The van der Waals surface area contributed by atoms with Gasteiger partial charge in [-0.05, 0) is 17.7 Å². The fourth-order valence-corrected chi connectivity index (χ4v) is 2.98. The van der Waals surface area contributed by atoms with Crippen LogP contribution in [0.4, 0.5) is 0 Å². The summed E-state index contributed by atoms with van der Waals surface area (Å²) in [5.41, 5.74) is 2.15. The third-order valence-corrected chi connectivity index (χ3v) is 4.24. The van der Waals surface area contributed by atoms with E-state index < -0.39 is 0 Å². The van der Waals surface area contributed by atoms with Crippen molar-refractivity contribution in [1.29, 1.82) is 0 Å². The van der Waals surface area contributed by atoms with Gasteiger partial charge in [0.05, 0.1) is 11.3 Å².